The van der Waals surface area contributed by atoms with Crippen LogP contribution in [0.25, 0.3) is 0 Å². The predicted molar refractivity (Wildman–Crippen MR) is 76.7 cm³/mol. The average Bonchev–Trinajstić information content (AvgIpc) is 2.78. The summed E-state index contributed by atoms with van der Waals surface area (Å²) < 4.78 is 2.65. The lowest BCUT2D eigenvalue weighted by atomic mass is 10.3. The highest BCUT2D eigenvalue weighted by molar-refractivity contribution is 9.13. The molecule has 0 N–H and O–H groups in total. The Morgan fingerprint density at radius 1 is 1.35 bits per heavy atom. The van der Waals surface area contributed by atoms with Crippen LogP contribution in [0.15, 0.2) is 32.1 Å². The Bertz CT molecular complexity index is 591. The fourth-order valence-electron chi connectivity index (χ4n) is 1.40. The van der Waals surface area contributed by atoms with Gasteiger partial charge in [-0.25, -0.2) is 4.68 Å². The van der Waals surface area contributed by atoms with Gasteiger partial charge >= 0.3 is 0 Å². The Morgan fingerprint density at radius 3 is 2.71 bits per heavy atom. The fourth-order valence-corrected chi connectivity index (χ4v) is 2.91. The molecule has 3 nitrogen and oxygen atoms in total. The first-order valence-electron chi connectivity index (χ1n) is 5.10. The van der Waals surface area contributed by atoms with Gasteiger partial charge in [0, 0.05) is 9.75 Å². The quantitative estimate of drug-likeness (QED) is 0.821. The highest BCUT2D eigenvalue weighted by atomic mass is 79.9. The number of thiophene rings is 1. The van der Waals surface area contributed by atoms with Crippen LogP contribution >= 0.6 is 43.2 Å². The van der Waals surface area contributed by atoms with Crippen LogP contribution in [0, 0.1) is 0 Å². The minimum Gasteiger partial charge on any atom is -0.266 e. The van der Waals surface area contributed by atoms with E-state index in [1.54, 1.807) is 17.5 Å². The molecule has 0 saturated heterocycles. The van der Waals surface area contributed by atoms with Crippen molar-refractivity contribution in [2.45, 2.75) is 19.9 Å². The molecule has 90 valence electrons. The van der Waals surface area contributed by atoms with Crippen molar-refractivity contribution in [1.29, 1.82) is 0 Å². The monoisotopic (exact) mass is 376 g/mol. The Balaban J connectivity index is 2.30. The summed E-state index contributed by atoms with van der Waals surface area (Å²) in [6.07, 6.45) is 2.65. The molecular weight excluding hydrogens is 368 g/mol. The van der Waals surface area contributed by atoms with Gasteiger partial charge in [0.2, 0.25) is 0 Å². The molecule has 0 saturated carbocycles. The van der Waals surface area contributed by atoms with Crippen molar-refractivity contribution in [1.82, 2.24) is 9.78 Å². The van der Waals surface area contributed by atoms with Gasteiger partial charge in [0.05, 0.1) is 17.2 Å². The third-order valence-corrected chi connectivity index (χ3v) is 5.43. The Labute approximate surface area is 120 Å². The van der Waals surface area contributed by atoms with Crippen molar-refractivity contribution in [2.24, 2.45) is 0 Å². The standard InChI is InChI=1S/C11H10Br2N2OS/c1-2-7-3-4-8(17-7)6-15-11(16)10(13)9(12)5-14-15/h3-5H,2,6H2,1H3. The Kier molecular flexibility index (Phi) is 4.17. The number of aromatic nitrogens is 2. The van der Waals surface area contributed by atoms with E-state index in [9.17, 15) is 4.79 Å². The molecule has 0 aliphatic heterocycles. The summed E-state index contributed by atoms with van der Waals surface area (Å²) in [7, 11) is 0. The summed E-state index contributed by atoms with van der Waals surface area (Å²) in [5, 5.41) is 4.10. The highest BCUT2D eigenvalue weighted by Crippen LogP contribution is 2.19. The van der Waals surface area contributed by atoms with Crippen molar-refractivity contribution < 1.29 is 0 Å². The summed E-state index contributed by atoms with van der Waals surface area (Å²) >= 11 is 8.23. The summed E-state index contributed by atoms with van der Waals surface area (Å²) in [5.74, 6) is 0. The van der Waals surface area contributed by atoms with Crippen molar-refractivity contribution in [2.75, 3.05) is 0 Å². The maximum Gasteiger partial charge on any atom is 0.282 e. The van der Waals surface area contributed by atoms with Crippen LogP contribution in [0.5, 0.6) is 0 Å². The fraction of sp³-hybridized carbons (Fsp3) is 0.273. The smallest absolute Gasteiger partial charge is 0.266 e. The third kappa shape index (κ3) is 2.86. The summed E-state index contributed by atoms with van der Waals surface area (Å²) in [4.78, 5) is 14.4. The van der Waals surface area contributed by atoms with Gasteiger partial charge in [-0.2, -0.15) is 5.10 Å². The molecule has 0 unspecified atom stereocenters. The molecule has 2 aromatic rings. The number of hydrogen-bond donors (Lipinski definition) is 0. The van der Waals surface area contributed by atoms with E-state index in [-0.39, 0.29) is 5.56 Å². The second-order valence-electron chi connectivity index (χ2n) is 3.49. The zero-order chi connectivity index (χ0) is 12.4. The molecule has 0 aliphatic rings. The van der Waals surface area contributed by atoms with Crippen LogP contribution < -0.4 is 5.56 Å². The maximum absolute atomic E-state index is 11.9. The van der Waals surface area contributed by atoms with E-state index in [2.05, 4.69) is 49.9 Å². The van der Waals surface area contributed by atoms with E-state index in [1.807, 2.05) is 6.07 Å². The molecule has 17 heavy (non-hydrogen) atoms. The molecular formula is C11H10Br2N2OS. The number of hydrogen-bond acceptors (Lipinski definition) is 3. The Morgan fingerprint density at radius 2 is 2.06 bits per heavy atom. The zero-order valence-electron chi connectivity index (χ0n) is 9.11. The topological polar surface area (TPSA) is 34.9 Å². The lowest BCUT2D eigenvalue weighted by Crippen LogP contribution is -2.23. The summed E-state index contributed by atoms with van der Waals surface area (Å²) in [6.45, 7) is 2.64. The van der Waals surface area contributed by atoms with Crippen LogP contribution in [0.3, 0.4) is 0 Å². The third-order valence-electron chi connectivity index (χ3n) is 2.31. The average molecular weight is 378 g/mol. The van der Waals surface area contributed by atoms with Gasteiger partial charge in [0.15, 0.2) is 0 Å². The molecule has 2 aromatic heterocycles. The van der Waals surface area contributed by atoms with Crippen molar-refractivity contribution in [3.63, 3.8) is 0 Å². The molecule has 2 rings (SSSR count). The first-order valence-corrected chi connectivity index (χ1v) is 7.50. The largest absolute Gasteiger partial charge is 0.282 e. The second-order valence-corrected chi connectivity index (χ2v) is 6.39. The van der Waals surface area contributed by atoms with Gasteiger partial charge in [-0.15, -0.1) is 11.3 Å². The SMILES string of the molecule is CCc1ccc(Cn2ncc(Br)c(Br)c2=O)s1. The minimum atomic E-state index is -0.120. The molecule has 0 aliphatic carbocycles. The first-order chi connectivity index (χ1) is 8.11. The van der Waals surface area contributed by atoms with Gasteiger partial charge in [-0.3, -0.25) is 4.79 Å². The highest BCUT2D eigenvalue weighted by Gasteiger charge is 2.08. The van der Waals surface area contributed by atoms with Gasteiger partial charge in [-0.05, 0) is 50.4 Å². The van der Waals surface area contributed by atoms with Gasteiger partial charge in [0.1, 0.15) is 4.47 Å². The zero-order valence-corrected chi connectivity index (χ0v) is 13.1. The van der Waals surface area contributed by atoms with E-state index in [1.165, 1.54) is 9.56 Å². The molecule has 0 fully saturated rings. The molecule has 0 spiro atoms. The molecule has 0 bridgehead atoms. The van der Waals surface area contributed by atoms with E-state index in [0.29, 0.717) is 15.5 Å². The molecule has 0 amide bonds. The second kappa shape index (κ2) is 5.46. The Hall–Kier alpha value is -0.460. The lowest BCUT2D eigenvalue weighted by Gasteiger charge is -2.03. The van der Waals surface area contributed by atoms with Gasteiger partial charge < -0.3 is 0 Å². The van der Waals surface area contributed by atoms with Crippen molar-refractivity contribution in [3.05, 3.63) is 47.4 Å². The first kappa shape index (κ1) is 13.0. The van der Waals surface area contributed by atoms with Crippen LogP contribution in [0.4, 0.5) is 0 Å². The van der Waals surface area contributed by atoms with Crippen LogP contribution in [-0.4, -0.2) is 9.78 Å². The number of nitrogens with zero attached hydrogens (tertiary/aromatic N) is 2. The van der Waals surface area contributed by atoms with Crippen LogP contribution in [0.1, 0.15) is 16.7 Å². The number of rotatable bonds is 3. The van der Waals surface area contributed by atoms with Gasteiger partial charge in [0.25, 0.3) is 5.56 Å². The maximum atomic E-state index is 11.9. The van der Waals surface area contributed by atoms with Crippen molar-refractivity contribution >= 4 is 43.2 Å². The molecule has 6 heteroatoms. The summed E-state index contributed by atoms with van der Waals surface area (Å²) in [5.41, 5.74) is -0.120. The van der Waals surface area contributed by atoms with E-state index < -0.39 is 0 Å². The molecule has 2 heterocycles. The van der Waals surface area contributed by atoms with Crippen molar-refractivity contribution in [3.8, 4) is 0 Å². The molecule has 0 atom stereocenters. The molecule has 0 radical (unpaired) electrons. The number of aryl methyl sites for hydroxylation is 1. The lowest BCUT2D eigenvalue weighted by molar-refractivity contribution is 0.639. The predicted octanol–water partition coefficient (Wildman–Crippen LogP) is 3.44. The van der Waals surface area contributed by atoms with Crippen LogP contribution in [-0.2, 0) is 13.0 Å². The van der Waals surface area contributed by atoms with Crippen LogP contribution in [0.2, 0.25) is 0 Å². The van der Waals surface area contributed by atoms with E-state index in [0.717, 1.165) is 11.3 Å². The molecule has 0 aromatic carbocycles. The van der Waals surface area contributed by atoms with E-state index >= 15 is 0 Å². The normalized spacial score (nSPS) is 10.8. The van der Waals surface area contributed by atoms with Gasteiger partial charge in [-0.1, -0.05) is 6.92 Å². The summed E-state index contributed by atoms with van der Waals surface area (Å²) in [6, 6.07) is 4.15. The van der Waals surface area contributed by atoms with E-state index in [4.69, 9.17) is 0 Å². The number of halogens is 2. The minimum absolute atomic E-state index is 0.120.